The number of hydrogen-bond acceptors (Lipinski definition) is 1. The maximum Gasteiger partial charge on any atom is 0.0725 e. The predicted octanol–water partition coefficient (Wildman–Crippen LogP) is 7.06. The van der Waals surface area contributed by atoms with E-state index in [9.17, 15) is 0 Å². The van der Waals surface area contributed by atoms with Gasteiger partial charge in [0, 0.05) is 6.61 Å². The van der Waals surface area contributed by atoms with E-state index in [2.05, 4.69) is 20.4 Å². The quantitative estimate of drug-likeness (QED) is 0.206. The maximum atomic E-state index is 5.58. The van der Waals surface area contributed by atoms with Crippen molar-refractivity contribution in [3.63, 3.8) is 0 Å². The van der Waals surface area contributed by atoms with Crippen LogP contribution in [0.3, 0.4) is 0 Å². The van der Waals surface area contributed by atoms with Crippen LogP contribution >= 0.6 is 0 Å². The smallest absolute Gasteiger partial charge is 0.0725 e. The molecule has 0 rings (SSSR count). The molecule has 0 amide bonds. The minimum atomic E-state index is 0.215. The Morgan fingerprint density at radius 1 is 0.714 bits per heavy atom. The molecule has 0 aliphatic heterocycles. The molecule has 0 spiro atoms. The van der Waals surface area contributed by atoms with Gasteiger partial charge in [0.15, 0.2) is 0 Å². The largest absolute Gasteiger partial charge is 0.374 e. The third kappa shape index (κ3) is 17.6. The van der Waals surface area contributed by atoms with Gasteiger partial charge >= 0.3 is 0 Å². The number of hydrogen-bond donors (Lipinski definition) is 0. The van der Waals surface area contributed by atoms with Crippen molar-refractivity contribution in [1.29, 1.82) is 0 Å². The first-order chi connectivity index (χ1) is 10.3. The Hall–Kier alpha value is -0.300. The van der Waals surface area contributed by atoms with E-state index in [-0.39, 0.29) is 6.10 Å². The lowest BCUT2D eigenvalue weighted by molar-refractivity contribution is 0.0941. The standard InChI is InChI=1S/C20H40O/c1-4-6-7-8-9-10-11-12-13-14-15-16-17-18-19-21-20(3)5-2/h5,20H,2,4,6-19H2,1,3H3/t20-/m1/s1. The number of rotatable bonds is 17. The Labute approximate surface area is 134 Å². The Morgan fingerprint density at radius 3 is 1.48 bits per heavy atom. The molecule has 0 aromatic carbocycles. The van der Waals surface area contributed by atoms with Gasteiger partial charge in [-0.1, -0.05) is 96.5 Å². The first-order valence-electron chi connectivity index (χ1n) is 9.55. The molecule has 0 aliphatic carbocycles. The molecule has 21 heavy (non-hydrogen) atoms. The van der Waals surface area contributed by atoms with Crippen LogP contribution in [0.15, 0.2) is 12.7 Å². The maximum absolute atomic E-state index is 5.58. The molecule has 0 saturated carbocycles. The zero-order valence-electron chi connectivity index (χ0n) is 14.9. The third-order valence-electron chi connectivity index (χ3n) is 4.21. The monoisotopic (exact) mass is 296 g/mol. The van der Waals surface area contributed by atoms with Crippen LogP contribution in [0.2, 0.25) is 0 Å². The molecule has 0 N–H and O–H groups in total. The van der Waals surface area contributed by atoms with Crippen LogP contribution in [0.5, 0.6) is 0 Å². The van der Waals surface area contributed by atoms with Crippen LogP contribution in [0, 0.1) is 0 Å². The van der Waals surface area contributed by atoms with Crippen LogP contribution in [0.25, 0.3) is 0 Å². The average Bonchev–Trinajstić information content (AvgIpc) is 2.50. The Balaban J connectivity index is 2.98. The average molecular weight is 297 g/mol. The minimum Gasteiger partial charge on any atom is -0.374 e. The molecule has 0 aromatic heterocycles. The molecule has 1 heteroatoms. The summed E-state index contributed by atoms with van der Waals surface area (Å²) in [6.45, 7) is 8.96. The molecule has 1 nitrogen and oxygen atoms in total. The van der Waals surface area contributed by atoms with E-state index in [0.717, 1.165) is 6.61 Å². The van der Waals surface area contributed by atoms with E-state index in [1.807, 2.05) is 6.08 Å². The number of ether oxygens (including phenoxy) is 1. The Morgan fingerprint density at radius 2 is 1.10 bits per heavy atom. The van der Waals surface area contributed by atoms with Gasteiger partial charge < -0.3 is 4.74 Å². The van der Waals surface area contributed by atoms with Crippen LogP contribution in [0.1, 0.15) is 104 Å². The molecule has 1 atom stereocenters. The first-order valence-corrected chi connectivity index (χ1v) is 9.55. The number of unbranched alkanes of at least 4 members (excludes halogenated alkanes) is 13. The van der Waals surface area contributed by atoms with Crippen LogP contribution in [-0.2, 0) is 4.74 Å². The molecule has 0 unspecified atom stereocenters. The summed E-state index contributed by atoms with van der Waals surface area (Å²) in [4.78, 5) is 0. The third-order valence-corrected chi connectivity index (χ3v) is 4.21. The summed E-state index contributed by atoms with van der Waals surface area (Å²) in [6, 6.07) is 0. The summed E-state index contributed by atoms with van der Waals surface area (Å²) < 4.78 is 5.58. The highest BCUT2D eigenvalue weighted by Crippen LogP contribution is 2.13. The van der Waals surface area contributed by atoms with Crippen LogP contribution in [0.4, 0.5) is 0 Å². The summed E-state index contributed by atoms with van der Waals surface area (Å²) in [5, 5.41) is 0. The lowest BCUT2D eigenvalue weighted by atomic mass is 10.0. The van der Waals surface area contributed by atoms with Crippen molar-refractivity contribution in [3.8, 4) is 0 Å². The van der Waals surface area contributed by atoms with E-state index < -0.39 is 0 Å². The molecule has 0 saturated heterocycles. The van der Waals surface area contributed by atoms with E-state index in [0.29, 0.717) is 0 Å². The van der Waals surface area contributed by atoms with Crippen molar-refractivity contribution in [3.05, 3.63) is 12.7 Å². The van der Waals surface area contributed by atoms with Crippen molar-refractivity contribution >= 4 is 0 Å². The highest BCUT2D eigenvalue weighted by molar-refractivity contribution is 4.74. The fourth-order valence-corrected chi connectivity index (χ4v) is 2.63. The highest BCUT2D eigenvalue weighted by Gasteiger charge is 1.96. The molecular weight excluding hydrogens is 256 g/mol. The fraction of sp³-hybridized carbons (Fsp3) is 0.900. The van der Waals surface area contributed by atoms with E-state index in [1.54, 1.807) is 0 Å². The Bertz CT molecular complexity index is 200. The fourth-order valence-electron chi connectivity index (χ4n) is 2.63. The van der Waals surface area contributed by atoms with E-state index >= 15 is 0 Å². The van der Waals surface area contributed by atoms with Gasteiger partial charge in [0.1, 0.15) is 0 Å². The van der Waals surface area contributed by atoms with Crippen molar-refractivity contribution in [1.82, 2.24) is 0 Å². The summed E-state index contributed by atoms with van der Waals surface area (Å²) >= 11 is 0. The molecule has 0 aromatic rings. The van der Waals surface area contributed by atoms with Gasteiger partial charge in [-0.2, -0.15) is 0 Å². The second-order valence-electron chi connectivity index (χ2n) is 6.41. The van der Waals surface area contributed by atoms with Gasteiger partial charge in [0.25, 0.3) is 0 Å². The van der Waals surface area contributed by atoms with Crippen molar-refractivity contribution in [2.45, 2.75) is 110 Å². The van der Waals surface area contributed by atoms with Crippen LogP contribution < -0.4 is 0 Å². The molecule has 0 radical (unpaired) electrons. The van der Waals surface area contributed by atoms with Gasteiger partial charge in [-0.25, -0.2) is 0 Å². The SMILES string of the molecule is C=C[C@@H](C)OCCCCCCCCCCCCCCCC. The molecule has 0 heterocycles. The molecule has 0 fully saturated rings. The molecular formula is C20H40O. The Kier molecular flexibility index (Phi) is 17.5. The zero-order valence-corrected chi connectivity index (χ0v) is 14.9. The van der Waals surface area contributed by atoms with E-state index in [1.165, 1.54) is 89.9 Å². The zero-order chi connectivity index (χ0) is 15.6. The van der Waals surface area contributed by atoms with Gasteiger partial charge in [0.05, 0.1) is 6.10 Å². The van der Waals surface area contributed by atoms with Crippen LogP contribution in [-0.4, -0.2) is 12.7 Å². The van der Waals surface area contributed by atoms with Gasteiger partial charge in [-0.15, -0.1) is 6.58 Å². The normalized spacial score (nSPS) is 12.5. The van der Waals surface area contributed by atoms with Crippen molar-refractivity contribution in [2.24, 2.45) is 0 Å². The lowest BCUT2D eigenvalue weighted by Gasteiger charge is -2.07. The van der Waals surface area contributed by atoms with E-state index in [4.69, 9.17) is 4.74 Å². The van der Waals surface area contributed by atoms with Crippen molar-refractivity contribution in [2.75, 3.05) is 6.61 Å². The molecule has 0 aliphatic rings. The summed E-state index contributed by atoms with van der Waals surface area (Å²) in [5.74, 6) is 0. The lowest BCUT2D eigenvalue weighted by Crippen LogP contribution is -2.04. The van der Waals surface area contributed by atoms with Crippen molar-refractivity contribution < 1.29 is 4.74 Å². The predicted molar refractivity (Wildman–Crippen MR) is 95.9 cm³/mol. The first kappa shape index (κ1) is 20.7. The van der Waals surface area contributed by atoms with Gasteiger partial charge in [-0.05, 0) is 13.3 Å². The second-order valence-corrected chi connectivity index (χ2v) is 6.41. The minimum absolute atomic E-state index is 0.215. The summed E-state index contributed by atoms with van der Waals surface area (Å²) in [6.07, 6.45) is 21.8. The molecule has 126 valence electrons. The highest BCUT2D eigenvalue weighted by atomic mass is 16.5. The topological polar surface area (TPSA) is 9.23 Å². The van der Waals surface area contributed by atoms with Gasteiger partial charge in [0.2, 0.25) is 0 Å². The van der Waals surface area contributed by atoms with Gasteiger partial charge in [-0.3, -0.25) is 0 Å². The summed E-state index contributed by atoms with van der Waals surface area (Å²) in [7, 11) is 0. The molecule has 0 bridgehead atoms. The summed E-state index contributed by atoms with van der Waals surface area (Å²) in [5.41, 5.74) is 0. The second kappa shape index (κ2) is 17.8.